The molecule has 1 aliphatic heterocycles. The number of carbonyl (C=O) groups excluding carboxylic acids is 1. The first-order valence-electron chi connectivity index (χ1n) is 10.1. The van der Waals surface area contributed by atoms with E-state index in [2.05, 4.69) is 52.5 Å². The Morgan fingerprint density at radius 2 is 1.90 bits per heavy atom. The molecule has 31 heavy (non-hydrogen) atoms. The van der Waals surface area contributed by atoms with E-state index in [1.165, 1.54) is 34.2 Å². The van der Waals surface area contributed by atoms with Gasteiger partial charge in [0.15, 0.2) is 4.34 Å². The number of aromatic nitrogens is 2. The van der Waals surface area contributed by atoms with Crippen molar-refractivity contribution in [1.29, 1.82) is 0 Å². The summed E-state index contributed by atoms with van der Waals surface area (Å²) in [6, 6.07) is 14.1. The van der Waals surface area contributed by atoms with Gasteiger partial charge in [0.05, 0.1) is 5.75 Å². The third-order valence-corrected chi connectivity index (χ3v) is 7.48. The van der Waals surface area contributed by atoms with Crippen LogP contribution in [0.3, 0.4) is 0 Å². The van der Waals surface area contributed by atoms with Crippen LogP contribution in [0.25, 0.3) is 0 Å². The normalized spacial score (nSPS) is 14.0. The number of nitrogens with zero attached hydrogens (tertiary/aromatic N) is 4. The lowest BCUT2D eigenvalue weighted by molar-refractivity contribution is -0.128. The Morgan fingerprint density at radius 1 is 1.10 bits per heavy atom. The Balaban J connectivity index is 1.25. The van der Waals surface area contributed by atoms with Crippen molar-refractivity contribution < 1.29 is 4.79 Å². The van der Waals surface area contributed by atoms with Gasteiger partial charge in [0.1, 0.15) is 0 Å². The quantitative estimate of drug-likeness (QED) is 0.509. The summed E-state index contributed by atoms with van der Waals surface area (Å²) in [4.78, 5) is 16.8. The highest BCUT2D eigenvalue weighted by molar-refractivity contribution is 8.01. The zero-order valence-electron chi connectivity index (χ0n) is 17.5. The van der Waals surface area contributed by atoms with Crippen LogP contribution in [0.2, 0.25) is 5.02 Å². The first kappa shape index (κ1) is 21.9. The Bertz CT molecular complexity index is 1070. The number of hydrogen-bond acceptors (Lipinski definition) is 7. The average Bonchev–Trinajstić information content (AvgIpc) is 3.22. The molecular weight excluding hydrogens is 450 g/mol. The highest BCUT2D eigenvalue weighted by Gasteiger charge is 2.22. The molecule has 6 nitrogen and oxygen atoms in total. The molecule has 0 unspecified atom stereocenters. The minimum absolute atomic E-state index is 0.134. The molecule has 0 atom stereocenters. The SMILES string of the molecule is Cc1ccc(Nc2nnc(SCC(=O)N3CCN(c4cccc(Cl)c4)CC3)s2)cc1C. The van der Waals surface area contributed by atoms with Gasteiger partial charge < -0.3 is 15.1 Å². The number of rotatable bonds is 6. The average molecular weight is 474 g/mol. The Morgan fingerprint density at radius 3 is 2.65 bits per heavy atom. The summed E-state index contributed by atoms with van der Waals surface area (Å²) in [5.41, 5.74) is 4.58. The molecule has 0 aliphatic carbocycles. The van der Waals surface area contributed by atoms with Gasteiger partial charge in [-0.3, -0.25) is 4.79 Å². The molecule has 162 valence electrons. The fourth-order valence-electron chi connectivity index (χ4n) is 3.36. The number of nitrogens with one attached hydrogen (secondary N) is 1. The number of carbonyl (C=O) groups is 1. The van der Waals surface area contributed by atoms with Crippen molar-refractivity contribution in [3.63, 3.8) is 0 Å². The first-order chi connectivity index (χ1) is 15.0. The van der Waals surface area contributed by atoms with Crippen molar-refractivity contribution in [3.8, 4) is 0 Å². The van der Waals surface area contributed by atoms with Crippen molar-refractivity contribution in [3.05, 3.63) is 58.6 Å². The summed E-state index contributed by atoms with van der Waals surface area (Å²) in [5, 5.41) is 13.2. The molecule has 1 aliphatic rings. The van der Waals surface area contributed by atoms with E-state index in [4.69, 9.17) is 11.6 Å². The summed E-state index contributed by atoms with van der Waals surface area (Å²) < 4.78 is 0.789. The van der Waals surface area contributed by atoms with Crippen molar-refractivity contribution in [2.45, 2.75) is 18.2 Å². The molecular formula is C22H24ClN5OS2. The molecule has 1 amide bonds. The van der Waals surface area contributed by atoms with Gasteiger partial charge in [-0.15, -0.1) is 10.2 Å². The second-order valence-corrected chi connectivity index (χ2v) is 10.1. The van der Waals surface area contributed by atoms with Crippen LogP contribution >= 0.6 is 34.7 Å². The first-order valence-corrected chi connectivity index (χ1v) is 12.2. The zero-order valence-corrected chi connectivity index (χ0v) is 19.9. The fraction of sp³-hybridized carbons (Fsp3) is 0.318. The van der Waals surface area contributed by atoms with Gasteiger partial charge in [0, 0.05) is 42.6 Å². The summed E-state index contributed by atoms with van der Waals surface area (Å²) in [6.45, 7) is 7.21. The van der Waals surface area contributed by atoms with E-state index in [0.717, 1.165) is 39.0 Å². The number of anilines is 3. The van der Waals surface area contributed by atoms with E-state index in [1.807, 2.05) is 29.2 Å². The third-order valence-electron chi connectivity index (χ3n) is 5.29. The Hall–Kier alpha value is -2.29. The van der Waals surface area contributed by atoms with Crippen molar-refractivity contribution >= 4 is 57.1 Å². The molecule has 2 heterocycles. The second-order valence-electron chi connectivity index (χ2n) is 7.43. The van der Waals surface area contributed by atoms with Gasteiger partial charge in [0.2, 0.25) is 11.0 Å². The number of aryl methyl sites for hydroxylation is 2. The summed E-state index contributed by atoms with van der Waals surface area (Å²) in [7, 11) is 0. The lowest BCUT2D eigenvalue weighted by Crippen LogP contribution is -2.49. The van der Waals surface area contributed by atoms with Gasteiger partial charge >= 0.3 is 0 Å². The van der Waals surface area contributed by atoms with Gasteiger partial charge in [-0.2, -0.15) is 0 Å². The number of halogens is 1. The zero-order chi connectivity index (χ0) is 21.8. The van der Waals surface area contributed by atoms with Gasteiger partial charge in [-0.05, 0) is 55.3 Å². The van der Waals surface area contributed by atoms with Crippen LogP contribution in [0.5, 0.6) is 0 Å². The van der Waals surface area contributed by atoms with Crippen LogP contribution in [0.4, 0.5) is 16.5 Å². The van der Waals surface area contributed by atoms with E-state index in [9.17, 15) is 4.79 Å². The predicted molar refractivity (Wildman–Crippen MR) is 130 cm³/mol. The molecule has 3 aromatic rings. The molecule has 0 saturated carbocycles. The van der Waals surface area contributed by atoms with Crippen LogP contribution in [-0.2, 0) is 4.79 Å². The minimum Gasteiger partial charge on any atom is -0.368 e. The van der Waals surface area contributed by atoms with Crippen LogP contribution in [-0.4, -0.2) is 52.9 Å². The molecule has 2 aromatic carbocycles. The molecule has 1 saturated heterocycles. The van der Waals surface area contributed by atoms with E-state index in [-0.39, 0.29) is 5.91 Å². The second kappa shape index (κ2) is 9.89. The van der Waals surface area contributed by atoms with E-state index >= 15 is 0 Å². The lowest BCUT2D eigenvalue weighted by atomic mass is 10.1. The van der Waals surface area contributed by atoms with E-state index in [0.29, 0.717) is 18.8 Å². The molecule has 0 spiro atoms. The Kier molecular flexibility index (Phi) is 6.99. The maximum atomic E-state index is 12.6. The molecule has 1 fully saturated rings. The maximum absolute atomic E-state index is 12.6. The van der Waals surface area contributed by atoms with Crippen LogP contribution < -0.4 is 10.2 Å². The van der Waals surface area contributed by atoms with Gasteiger partial charge in [-0.1, -0.05) is 46.8 Å². The number of benzene rings is 2. The summed E-state index contributed by atoms with van der Waals surface area (Å²) in [6.07, 6.45) is 0. The largest absolute Gasteiger partial charge is 0.368 e. The molecule has 0 bridgehead atoms. The monoisotopic (exact) mass is 473 g/mol. The fourth-order valence-corrected chi connectivity index (χ4v) is 5.22. The Labute approximate surface area is 195 Å². The molecule has 1 N–H and O–H groups in total. The topological polar surface area (TPSA) is 61.4 Å². The van der Waals surface area contributed by atoms with Crippen LogP contribution in [0, 0.1) is 13.8 Å². The standard InChI is InChI=1S/C22H24ClN5OS2/c1-15-6-7-18(12-16(15)2)24-21-25-26-22(31-21)30-14-20(29)28-10-8-27(9-11-28)19-5-3-4-17(23)13-19/h3-7,12-13H,8-11,14H2,1-2H3,(H,24,25). The highest BCUT2D eigenvalue weighted by atomic mass is 35.5. The van der Waals surface area contributed by atoms with Crippen LogP contribution in [0.1, 0.15) is 11.1 Å². The number of piperazine rings is 1. The number of thioether (sulfide) groups is 1. The van der Waals surface area contributed by atoms with Crippen LogP contribution in [0.15, 0.2) is 46.8 Å². The van der Waals surface area contributed by atoms with Gasteiger partial charge in [-0.25, -0.2) is 0 Å². The van der Waals surface area contributed by atoms with Gasteiger partial charge in [0.25, 0.3) is 0 Å². The molecule has 1 aromatic heterocycles. The predicted octanol–water partition coefficient (Wildman–Crippen LogP) is 4.99. The maximum Gasteiger partial charge on any atom is 0.233 e. The summed E-state index contributed by atoms with van der Waals surface area (Å²) in [5.74, 6) is 0.504. The van der Waals surface area contributed by atoms with E-state index < -0.39 is 0 Å². The molecule has 9 heteroatoms. The van der Waals surface area contributed by atoms with Crippen molar-refractivity contribution in [2.24, 2.45) is 0 Å². The third kappa shape index (κ3) is 5.70. The van der Waals surface area contributed by atoms with E-state index in [1.54, 1.807) is 0 Å². The lowest BCUT2D eigenvalue weighted by Gasteiger charge is -2.36. The van der Waals surface area contributed by atoms with Crippen molar-refractivity contribution in [2.75, 3.05) is 42.1 Å². The molecule has 0 radical (unpaired) electrons. The number of hydrogen-bond donors (Lipinski definition) is 1. The smallest absolute Gasteiger partial charge is 0.233 e. The van der Waals surface area contributed by atoms with Crippen molar-refractivity contribution in [1.82, 2.24) is 15.1 Å². The number of amides is 1. The minimum atomic E-state index is 0.134. The molecule has 4 rings (SSSR count). The summed E-state index contributed by atoms with van der Waals surface area (Å²) >= 11 is 9.00. The highest BCUT2D eigenvalue weighted by Crippen LogP contribution is 2.29.